The Morgan fingerprint density at radius 2 is 1.57 bits per heavy atom. The van der Waals surface area contributed by atoms with Crippen LogP contribution in [0.4, 0.5) is 26.3 Å². The third-order valence-corrected chi connectivity index (χ3v) is 3.98. The van der Waals surface area contributed by atoms with Crippen LogP contribution in [-0.2, 0) is 12.4 Å². The Hall–Kier alpha value is -3.12. The number of aromatic nitrogens is 4. The molecule has 30 heavy (non-hydrogen) atoms. The molecule has 0 bridgehead atoms. The highest BCUT2D eigenvalue weighted by molar-refractivity contribution is 5.61. The summed E-state index contributed by atoms with van der Waals surface area (Å²) < 4.78 is 90.1. The first-order chi connectivity index (χ1) is 13.9. The first kappa shape index (κ1) is 21.6. The molecule has 162 valence electrons. The number of halogens is 6. The smallest absolute Gasteiger partial charge is 0.471 e. The van der Waals surface area contributed by atoms with Crippen LogP contribution in [0.2, 0.25) is 0 Å². The van der Waals surface area contributed by atoms with Gasteiger partial charge in [-0.1, -0.05) is 17.2 Å². The van der Waals surface area contributed by atoms with Crippen molar-refractivity contribution in [3.05, 3.63) is 40.9 Å². The third-order valence-electron chi connectivity index (χ3n) is 3.98. The van der Waals surface area contributed by atoms with Crippen molar-refractivity contribution in [2.75, 3.05) is 6.61 Å². The molecule has 3 rings (SSSR count). The maximum atomic E-state index is 12.6. The molecule has 0 aliphatic rings. The van der Waals surface area contributed by atoms with Gasteiger partial charge in [0.25, 0.3) is 5.82 Å². The van der Waals surface area contributed by atoms with Crippen LogP contribution in [0, 0.1) is 13.8 Å². The molecule has 2 aromatic heterocycles. The molecule has 0 radical (unpaired) electrons. The molecule has 0 aliphatic heterocycles. The van der Waals surface area contributed by atoms with Crippen molar-refractivity contribution in [2.45, 2.75) is 39.0 Å². The molecule has 0 fully saturated rings. The number of nitrogens with zero attached hydrogens (tertiary/aromatic N) is 4. The van der Waals surface area contributed by atoms with Crippen LogP contribution in [0.1, 0.15) is 41.6 Å². The van der Waals surface area contributed by atoms with Gasteiger partial charge in [0.2, 0.25) is 11.7 Å². The van der Waals surface area contributed by atoms with Gasteiger partial charge in [0.15, 0.2) is 0 Å². The summed E-state index contributed by atoms with van der Waals surface area (Å²) in [6.07, 6.45) is -9.47. The van der Waals surface area contributed by atoms with Crippen LogP contribution in [-0.4, -0.2) is 26.9 Å². The fourth-order valence-corrected chi connectivity index (χ4v) is 2.59. The molecule has 2 heterocycles. The fraction of sp³-hybridized carbons (Fsp3) is 0.412. The molecule has 3 aromatic rings. The van der Waals surface area contributed by atoms with E-state index in [2.05, 4.69) is 29.3 Å². The molecule has 1 unspecified atom stereocenters. The summed E-state index contributed by atoms with van der Waals surface area (Å²) in [5.74, 6) is -3.54. The molecule has 1 aromatic carbocycles. The van der Waals surface area contributed by atoms with Crippen LogP contribution in [0.5, 0.6) is 5.75 Å². The summed E-state index contributed by atoms with van der Waals surface area (Å²) in [7, 11) is 0. The molecule has 0 amide bonds. The summed E-state index contributed by atoms with van der Waals surface area (Å²) in [4.78, 5) is 6.65. The number of ether oxygens (including phenoxy) is 1. The second-order valence-corrected chi connectivity index (χ2v) is 6.53. The van der Waals surface area contributed by atoms with Crippen molar-refractivity contribution in [3.8, 4) is 17.1 Å². The minimum Gasteiger partial charge on any atom is -0.492 e. The molecule has 0 saturated carbocycles. The Kier molecular flexibility index (Phi) is 5.48. The van der Waals surface area contributed by atoms with Gasteiger partial charge in [-0.25, -0.2) is 0 Å². The van der Waals surface area contributed by atoms with Crippen molar-refractivity contribution in [3.63, 3.8) is 0 Å². The lowest BCUT2D eigenvalue weighted by atomic mass is 10.1. The maximum Gasteiger partial charge on any atom is 0.471 e. The van der Waals surface area contributed by atoms with E-state index < -0.39 is 30.0 Å². The van der Waals surface area contributed by atoms with E-state index in [0.717, 1.165) is 0 Å². The Balaban J connectivity index is 1.74. The summed E-state index contributed by atoms with van der Waals surface area (Å²) in [5, 5.41) is 6.23. The van der Waals surface area contributed by atoms with E-state index in [-0.39, 0.29) is 23.9 Å². The number of hydrogen-bond donors (Lipinski definition) is 0. The van der Waals surface area contributed by atoms with E-state index in [1.165, 1.54) is 12.1 Å². The van der Waals surface area contributed by atoms with Crippen molar-refractivity contribution in [2.24, 2.45) is 0 Å². The number of hydrogen-bond acceptors (Lipinski definition) is 7. The van der Waals surface area contributed by atoms with E-state index in [0.29, 0.717) is 16.9 Å². The summed E-state index contributed by atoms with van der Waals surface area (Å²) in [6, 6.07) is 3.01. The second-order valence-electron chi connectivity index (χ2n) is 6.53. The van der Waals surface area contributed by atoms with Gasteiger partial charge < -0.3 is 13.8 Å². The topological polar surface area (TPSA) is 87.1 Å². The van der Waals surface area contributed by atoms with Crippen LogP contribution < -0.4 is 4.74 Å². The lowest BCUT2D eigenvalue weighted by Gasteiger charge is -2.15. The van der Waals surface area contributed by atoms with Gasteiger partial charge in [-0.15, -0.1) is 0 Å². The molecular formula is C17H14F6N4O3. The van der Waals surface area contributed by atoms with E-state index >= 15 is 0 Å². The van der Waals surface area contributed by atoms with E-state index in [1.807, 2.05) is 0 Å². The monoisotopic (exact) mass is 436 g/mol. The number of aryl methyl sites for hydroxylation is 2. The summed E-state index contributed by atoms with van der Waals surface area (Å²) in [5.41, 5.74) is 1.39. The Morgan fingerprint density at radius 3 is 2.07 bits per heavy atom. The fourth-order valence-electron chi connectivity index (χ4n) is 2.59. The number of alkyl halides is 6. The Bertz CT molecular complexity index is 1020. The van der Waals surface area contributed by atoms with Gasteiger partial charge >= 0.3 is 18.2 Å². The zero-order valence-corrected chi connectivity index (χ0v) is 15.7. The van der Waals surface area contributed by atoms with Gasteiger partial charge in [0.1, 0.15) is 5.75 Å². The average molecular weight is 436 g/mol. The highest BCUT2D eigenvalue weighted by Gasteiger charge is 2.39. The minimum absolute atomic E-state index is 0.0685. The van der Waals surface area contributed by atoms with Crippen LogP contribution in [0.15, 0.2) is 21.2 Å². The van der Waals surface area contributed by atoms with Gasteiger partial charge in [-0.05, 0) is 37.1 Å². The maximum absolute atomic E-state index is 12.6. The third kappa shape index (κ3) is 4.54. The SMILES string of the molecule is Cc1cc(-c2noc(C(F)(F)F)n2)cc(C)c1OCC(C)c1nc(C(F)(F)F)no1. The molecular weight excluding hydrogens is 422 g/mol. The lowest BCUT2D eigenvalue weighted by molar-refractivity contribution is -0.159. The van der Waals surface area contributed by atoms with Crippen LogP contribution in [0.3, 0.4) is 0 Å². The van der Waals surface area contributed by atoms with Gasteiger partial charge in [0.05, 0.1) is 12.5 Å². The van der Waals surface area contributed by atoms with Crippen LogP contribution in [0.25, 0.3) is 11.4 Å². The molecule has 0 aliphatic carbocycles. The summed E-state index contributed by atoms with van der Waals surface area (Å²) in [6.45, 7) is 4.77. The number of benzene rings is 1. The van der Waals surface area contributed by atoms with Gasteiger partial charge in [0, 0.05) is 5.56 Å². The predicted molar refractivity (Wildman–Crippen MR) is 87.4 cm³/mol. The van der Waals surface area contributed by atoms with Crippen molar-refractivity contribution in [1.29, 1.82) is 0 Å². The minimum atomic E-state index is -4.75. The normalized spacial score (nSPS) is 13.5. The molecule has 0 saturated heterocycles. The van der Waals surface area contributed by atoms with Crippen molar-refractivity contribution >= 4 is 0 Å². The highest BCUT2D eigenvalue weighted by Crippen LogP contribution is 2.33. The van der Waals surface area contributed by atoms with Crippen molar-refractivity contribution in [1.82, 2.24) is 20.3 Å². The largest absolute Gasteiger partial charge is 0.492 e. The Morgan fingerprint density at radius 1 is 0.933 bits per heavy atom. The zero-order chi connectivity index (χ0) is 22.3. The van der Waals surface area contributed by atoms with Gasteiger partial charge in [-0.2, -0.15) is 36.3 Å². The molecule has 7 nitrogen and oxygen atoms in total. The molecule has 0 spiro atoms. The highest BCUT2D eigenvalue weighted by atomic mass is 19.4. The lowest BCUT2D eigenvalue weighted by Crippen LogP contribution is -2.11. The van der Waals surface area contributed by atoms with Crippen LogP contribution >= 0.6 is 0 Å². The zero-order valence-electron chi connectivity index (χ0n) is 15.7. The number of rotatable bonds is 5. The second kappa shape index (κ2) is 7.61. The Labute approximate surface area is 165 Å². The molecule has 13 heteroatoms. The summed E-state index contributed by atoms with van der Waals surface area (Å²) >= 11 is 0. The molecule has 0 N–H and O–H groups in total. The van der Waals surface area contributed by atoms with E-state index in [1.54, 1.807) is 20.8 Å². The first-order valence-electron chi connectivity index (χ1n) is 8.42. The quantitative estimate of drug-likeness (QED) is 0.523. The van der Waals surface area contributed by atoms with Crippen molar-refractivity contribution < 1.29 is 40.1 Å². The first-order valence-corrected chi connectivity index (χ1v) is 8.42. The van der Waals surface area contributed by atoms with E-state index in [9.17, 15) is 26.3 Å². The molecule has 1 atom stereocenters. The predicted octanol–water partition coefficient (Wildman–Crippen LogP) is 4.96. The average Bonchev–Trinajstić information content (AvgIpc) is 3.29. The van der Waals surface area contributed by atoms with E-state index in [4.69, 9.17) is 4.74 Å². The standard InChI is InChI=1S/C17H14F6N4O3/c1-7-4-10(12-24-15(30-26-12)17(21,22)23)5-8(2)11(7)28-6-9(3)13-25-14(27-29-13)16(18,19)20/h4-5,9H,6H2,1-3H3. The van der Waals surface area contributed by atoms with Gasteiger partial charge in [-0.3, -0.25) is 0 Å².